The maximum absolute atomic E-state index is 7.10. The van der Waals surface area contributed by atoms with Gasteiger partial charge in [0.25, 0.3) is 0 Å². The maximum atomic E-state index is 7.10. The van der Waals surface area contributed by atoms with E-state index in [1.807, 2.05) is 6.21 Å². The number of rotatable bonds is 1. The molecule has 0 radical (unpaired) electrons. The SMILES string of the molecule is CN1c2ccc3ccccc3c2C(C)(C)C12C=Nc1c(cc(N3CCOCC3)c3ccccc13)O2. The van der Waals surface area contributed by atoms with Gasteiger partial charge in [0.2, 0.25) is 5.72 Å². The number of fused-ring (bicyclic) bond motifs is 6. The van der Waals surface area contributed by atoms with E-state index in [1.165, 1.54) is 33.1 Å². The topological polar surface area (TPSA) is 37.3 Å². The fourth-order valence-electron chi connectivity index (χ4n) is 6.36. The molecule has 1 saturated heterocycles. The number of hydrogen-bond donors (Lipinski definition) is 0. The Kier molecular flexibility index (Phi) is 4.28. The van der Waals surface area contributed by atoms with E-state index < -0.39 is 5.72 Å². The molecule has 3 aliphatic rings. The summed E-state index contributed by atoms with van der Waals surface area (Å²) in [6.45, 7) is 7.80. The summed E-state index contributed by atoms with van der Waals surface area (Å²) in [6, 6.07) is 23.8. The Balaban J connectivity index is 1.42. The number of nitrogens with zero attached hydrogens (tertiary/aromatic N) is 3. The smallest absolute Gasteiger partial charge is 0.228 e. The van der Waals surface area contributed by atoms with Gasteiger partial charge in [-0.3, -0.25) is 4.99 Å². The van der Waals surface area contributed by atoms with Crippen molar-refractivity contribution in [2.45, 2.75) is 25.0 Å². The molecule has 4 aromatic carbocycles. The molecule has 3 aliphatic heterocycles. The first-order valence-corrected chi connectivity index (χ1v) is 12.4. The summed E-state index contributed by atoms with van der Waals surface area (Å²) in [6.07, 6.45) is 2.03. The van der Waals surface area contributed by atoms with Gasteiger partial charge in [-0.25, -0.2) is 0 Å². The van der Waals surface area contributed by atoms with E-state index >= 15 is 0 Å². The van der Waals surface area contributed by atoms with Gasteiger partial charge in [-0.05, 0) is 36.2 Å². The normalized spacial score (nSPS) is 22.5. The fraction of sp³-hybridized carbons (Fsp3) is 0.300. The van der Waals surface area contributed by atoms with E-state index in [9.17, 15) is 0 Å². The third kappa shape index (κ3) is 2.70. The largest absolute Gasteiger partial charge is 0.459 e. The van der Waals surface area contributed by atoms with Crippen molar-refractivity contribution in [3.05, 3.63) is 72.3 Å². The van der Waals surface area contributed by atoms with Crippen LogP contribution in [0.4, 0.5) is 17.1 Å². The average Bonchev–Trinajstić information content (AvgIpc) is 3.06. The predicted molar refractivity (Wildman–Crippen MR) is 144 cm³/mol. The molecule has 1 atom stereocenters. The first kappa shape index (κ1) is 20.8. The Hall–Kier alpha value is -3.57. The number of ether oxygens (including phenoxy) is 2. The highest BCUT2D eigenvalue weighted by Crippen LogP contribution is 2.56. The lowest BCUT2D eigenvalue weighted by Crippen LogP contribution is -2.61. The highest BCUT2D eigenvalue weighted by molar-refractivity contribution is 6.06. The van der Waals surface area contributed by atoms with E-state index in [4.69, 9.17) is 14.5 Å². The Morgan fingerprint density at radius 2 is 1.54 bits per heavy atom. The van der Waals surface area contributed by atoms with Crippen LogP contribution in [0.2, 0.25) is 0 Å². The van der Waals surface area contributed by atoms with E-state index in [-0.39, 0.29) is 5.41 Å². The van der Waals surface area contributed by atoms with Gasteiger partial charge in [0, 0.05) is 48.4 Å². The van der Waals surface area contributed by atoms with Crippen LogP contribution >= 0.6 is 0 Å². The fourth-order valence-corrected chi connectivity index (χ4v) is 6.36. The first-order valence-electron chi connectivity index (χ1n) is 12.4. The second-order valence-electron chi connectivity index (χ2n) is 10.3. The second kappa shape index (κ2) is 7.22. The number of aliphatic imine (C=N–C) groups is 1. The number of likely N-dealkylation sites (N-methyl/N-ethyl adjacent to an activating group) is 1. The van der Waals surface area contributed by atoms with Crippen molar-refractivity contribution in [1.29, 1.82) is 0 Å². The van der Waals surface area contributed by atoms with Crippen LogP contribution in [0.15, 0.2) is 71.7 Å². The summed E-state index contributed by atoms with van der Waals surface area (Å²) in [5, 5.41) is 4.85. The zero-order valence-electron chi connectivity index (χ0n) is 20.4. The third-order valence-corrected chi connectivity index (χ3v) is 8.23. The number of hydrogen-bond acceptors (Lipinski definition) is 5. The van der Waals surface area contributed by atoms with Gasteiger partial charge < -0.3 is 19.3 Å². The van der Waals surface area contributed by atoms with Crippen molar-refractivity contribution in [3.8, 4) is 5.75 Å². The van der Waals surface area contributed by atoms with Gasteiger partial charge in [0.15, 0.2) is 5.75 Å². The van der Waals surface area contributed by atoms with Crippen LogP contribution in [0.5, 0.6) is 5.75 Å². The van der Waals surface area contributed by atoms with Crippen LogP contribution in [0, 0.1) is 0 Å². The van der Waals surface area contributed by atoms with Crippen molar-refractivity contribution < 1.29 is 9.47 Å². The van der Waals surface area contributed by atoms with Crippen LogP contribution < -0.4 is 14.5 Å². The van der Waals surface area contributed by atoms with Crippen molar-refractivity contribution in [2.75, 3.05) is 43.2 Å². The Morgan fingerprint density at radius 1 is 0.829 bits per heavy atom. The minimum Gasteiger partial charge on any atom is -0.459 e. The molecule has 4 aromatic rings. The monoisotopic (exact) mass is 463 g/mol. The van der Waals surface area contributed by atoms with E-state index in [2.05, 4.69) is 97.4 Å². The minimum atomic E-state index is -0.725. The van der Waals surface area contributed by atoms with Crippen LogP contribution in [0.3, 0.4) is 0 Å². The molecule has 0 saturated carbocycles. The predicted octanol–water partition coefficient (Wildman–Crippen LogP) is 6.05. The van der Waals surface area contributed by atoms with Gasteiger partial charge in [0.1, 0.15) is 5.69 Å². The molecule has 35 heavy (non-hydrogen) atoms. The Labute approximate surface area is 205 Å². The standard InChI is InChI=1S/C30H29N3O2/c1-29(2)27-21-9-5-4-8-20(21)12-13-24(27)32(3)30(29)19-31-28-23-11-7-6-10-22(23)25(18-26(28)35-30)33-14-16-34-17-15-33/h4-13,18-19H,14-17H2,1-3H3. The number of benzene rings is 4. The molecule has 0 aromatic heterocycles. The highest BCUT2D eigenvalue weighted by Gasteiger charge is 2.59. The van der Waals surface area contributed by atoms with E-state index in [0.717, 1.165) is 43.1 Å². The molecule has 0 aliphatic carbocycles. The summed E-state index contributed by atoms with van der Waals surface area (Å²) in [7, 11) is 2.13. The summed E-state index contributed by atoms with van der Waals surface area (Å²) in [4.78, 5) is 9.79. The summed E-state index contributed by atoms with van der Waals surface area (Å²) < 4.78 is 12.7. The molecule has 1 fully saturated rings. The van der Waals surface area contributed by atoms with Crippen LogP contribution in [0.1, 0.15) is 19.4 Å². The molecule has 5 nitrogen and oxygen atoms in total. The lowest BCUT2D eigenvalue weighted by Gasteiger charge is -2.45. The lowest BCUT2D eigenvalue weighted by atomic mass is 9.76. The molecular formula is C30H29N3O2. The van der Waals surface area contributed by atoms with Gasteiger partial charge in [-0.2, -0.15) is 0 Å². The van der Waals surface area contributed by atoms with Gasteiger partial charge in [0.05, 0.1) is 24.8 Å². The minimum absolute atomic E-state index is 0.329. The number of morpholine rings is 1. The molecule has 7 rings (SSSR count). The van der Waals surface area contributed by atoms with Gasteiger partial charge in [-0.1, -0.05) is 54.6 Å². The summed E-state index contributed by atoms with van der Waals surface area (Å²) >= 11 is 0. The van der Waals surface area contributed by atoms with Crippen molar-refractivity contribution >= 4 is 44.8 Å². The molecule has 1 spiro atoms. The number of anilines is 2. The van der Waals surface area contributed by atoms with Crippen molar-refractivity contribution in [2.24, 2.45) is 4.99 Å². The molecule has 3 heterocycles. The summed E-state index contributed by atoms with van der Waals surface area (Å²) in [5.74, 6) is 0.838. The molecule has 0 amide bonds. The summed E-state index contributed by atoms with van der Waals surface area (Å²) in [5.41, 5.74) is 3.55. The van der Waals surface area contributed by atoms with Gasteiger partial charge in [-0.15, -0.1) is 0 Å². The molecular weight excluding hydrogens is 434 g/mol. The van der Waals surface area contributed by atoms with Crippen LogP contribution in [-0.4, -0.2) is 45.3 Å². The molecule has 0 N–H and O–H groups in total. The van der Waals surface area contributed by atoms with Gasteiger partial charge >= 0.3 is 0 Å². The highest BCUT2D eigenvalue weighted by atomic mass is 16.5. The van der Waals surface area contributed by atoms with E-state index in [1.54, 1.807) is 0 Å². The quantitative estimate of drug-likeness (QED) is 0.344. The zero-order valence-corrected chi connectivity index (χ0v) is 20.4. The third-order valence-electron chi connectivity index (χ3n) is 8.23. The zero-order chi connectivity index (χ0) is 23.8. The van der Waals surface area contributed by atoms with Crippen LogP contribution in [-0.2, 0) is 10.2 Å². The molecule has 5 heteroatoms. The van der Waals surface area contributed by atoms with Crippen molar-refractivity contribution in [1.82, 2.24) is 0 Å². The maximum Gasteiger partial charge on any atom is 0.228 e. The van der Waals surface area contributed by atoms with Crippen LogP contribution in [0.25, 0.3) is 21.5 Å². The molecule has 0 bridgehead atoms. The lowest BCUT2D eigenvalue weighted by molar-refractivity contribution is 0.0831. The van der Waals surface area contributed by atoms with Crippen molar-refractivity contribution in [3.63, 3.8) is 0 Å². The Morgan fingerprint density at radius 3 is 2.34 bits per heavy atom. The second-order valence-corrected chi connectivity index (χ2v) is 10.3. The average molecular weight is 464 g/mol. The first-order chi connectivity index (χ1) is 17.0. The molecule has 176 valence electrons. The Bertz CT molecular complexity index is 1520. The van der Waals surface area contributed by atoms with E-state index in [0.29, 0.717) is 0 Å². The molecule has 1 unspecified atom stereocenters.